The van der Waals surface area contributed by atoms with Gasteiger partial charge in [0.2, 0.25) is 5.91 Å². The summed E-state index contributed by atoms with van der Waals surface area (Å²) in [5.41, 5.74) is 1.30. The van der Waals surface area contributed by atoms with Gasteiger partial charge < -0.3 is 10.6 Å². The second-order valence-corrected chi connectivity index (χ2v) is 5.80. The van der Waals surface area contributed by atoms with E-state index in [1.54, 1.807) is 11.3 Å². The molecule has 18 heavy (non-hydrogen) atoms. The van der Waals surface area contributed by atoms with E-state index in [0.29, 0.717) is 12.5 Å². The predicted octanol–water partition coefficient (Wildman–Crippen LogP) is 2.57. The summed E-state index contributed by atoms with van der Waals surface area (Å²) in [4.78, 5) is 11.7. The monoisotopic (exact) mass is 268 g/mol. The second-order valence-electron chi connectivity index (χ2n) is 5.02. The van der Waals surface area contributed by atoms with E-state index in [4.69, 9.17) is 0 Å². The number of thiophene rings is 1. The Morgan fingerprint density at radius 2 is 2.17 bits per heavy atom. The lowest BCUT2D eigenvalue weighted by molar-refractivity contribution is -0.121. The summed E-state index contributed by atoms with van der Waals surface area (Å²) in [6.07, 6.45) is 2.42. The molecule has 1 unspecified atom stereocenters. The van der Waals surface area contributed by atoms with Crippen LogP contribution in [0.25, 0.3) is 0 Å². The predicted molar refractivity (Wildman–Crippen MR) is 78.0 cm³/mol. The lowest BCUT2D eigenvalue weighted by Gasteiger charge is -2.13. The molecule has 1 aromatic rings. The molecule has 3 nitrogen and oxygen atoms in total. The minimum Gasteiger partial charge on any atom is -0.353 e. The summed E-state index contributed by atoms with van der Waals surface area (Å²) in [5, 5.41) is 10.6. The molecule has 0 fully saturated rings. The summed E-state index contributed by atoms with van der Waals surface area (Å²) in [7, 11) is 0. The molecule has 0 bridgehead atoms. The number of hydrogen-bond acceptors (Lipinski definition) is 3. The Bertz CT molecular complexity index is 336. The Kier molecular flexibility index (Phi) is 6.98. The van der Waals surface area contributed by atoms with Gasteiger partial charge in [-0.3, -0.25) is 4.79 Å². The highest BCUT2D eigenvalue weighted by Crippen LogP contribution is 2.08. The van der Waals surface area contributed by atoms with Crippen LogP contribution in [0.5, 0.6) is 0 Å². The van der Waals surface area contributed by atoms with Gasteiger partial charge in [0.1, 0.15) is 0 Å². The fourth-order valence-electron chi connectivity index (χ4n) is 1.80. The Hall–Kier alpha value is -0.870. The number of amides is 1. The normalized spacial score (nSPS) is 12.7. The molecule has 0 saturated heterocycles. The van der Waals surface area contributed by atoms with E-state index < -0.39 is 0 Å². The van der Waals surface area contributed by atoms with Crippen LogP contribution in [0, 0.1) is 0 Å². The topological polar surface area (TPSA) is 41.1 Å². The van der Waals surface area contributed by atoms with Crippen molar-refractivity contribution >= 4 is 17.2 Å². The fourth-order valence-corrected chi connectivity index (χ4v) is 2.48. The zero-order chi connectivity index (χ0) is 13.4. The average Bonchev–Trinajstić information content (AvgIpc) is 2.76. The summed E-state index contributed by atoms with van der Waals surface area (Å²) in [5.74, 6) is 0.156. The van der Waals surface area contributed by atoms with E-state index in [2.05, 4.69) is 48.2 Å². The quantitative estimate of drug-likeness (QED) is 0.712. The molecule has 2 N–H and O–H groups in total. The van der Waals surface area contributed by atoms with Gasteiger partial charge >= 0.3 is 0 Å². The van der Waals surface area contributed by atoms with E-state index in [9.17, 15) is 4.79 Å². The number of nitrogens with one attached hydrogen (secondary N) is 2. The van der Waals surface area contributed by atoms with Crippen LogP contribution in [0.4, 0.5) is 0 Å². The van der Waals surface area contributed by atoms with Crippen LogP contribution in [0.3, 0.4) is 0 Å². The lowest BCUT2D eigenvalue weighted by atomic mass is 10.1. The number of hydrogen-bond donors (Lipinski definition) is 2. The van der Waals surface area contributed by atoms with Crippen LogP contribution >= 0.6 is 11.3 Å². The third-order valence-electron chi connectivity index (χ3n) is 2.66. The van der Waals surface area contributed by atoms with Crippen molar-refractivity contribution in [2.24, 2.45) is 0 Å². The fraction of sp³-hybridized carbons (Fsp3) is 0.643. The summed E-state index contributed by atoms with van der Waals surface area (Å²) < 4.78 is 0. The van der Waals surface area contributed by atoms with Crippen LogP contribution in [0.1, 0.15) is 39.2 Å². The molecule has 102 valence electrons. The molecule has 0 aliphatic rings. The van der Waals surface area contributed by atoms with Crippen LogP contribution in [0.2, 0.25) is 0 Å². The van der Waals surface area contributed by atoms with Crippen LogP contribution < -0.4 is 10.6 Å². The molecule has 0 aliphatic carbocycles. The smallest absolute Gasteiger partial charge is 0.220 e. The standard InChI is InChI=1S/C14H24N2OS/c1-11(2)15-7-4-5-14(17)16-12(3)9-13-6-8-18-10-13/h6,8,10-12,15H,4-5,7,9H2,1-3H3,(H,16,17). The Morgan fingerprint density at radius 3 is 2.78 bits per heavy atom. The molecule has 1 amide bonds. The molecule has 1 rings (SSSR count). The van der Waals surface area contributed by atoms with Gasteiger partial charge in [0.15, 0.2) is 0 Å². The highest BCUT2D eigenvalue weighted by Gasteiger charge is 2.08. The Balaban J connectivity index is 2.11. The first-order valence-corrected chi connectivity index (χ1v) is 7.56. The largest absolute Gasteiger partial charge is 0.353 e. The third kappa shape index (κ3) is 6.77. The molecule has 0 saturated carbocycles. The van der Waals surface area contributed by atoms with Crippen LogP contribution in [-0.2, 0) is 11.2 Å². The third-order valence-corrected chi connectivity index (χ3v) is 3.39. The van der Waals surface area contributed by atoms with Crippen molar-refractivity contribution in [3.05, 3.63) is 22.4 Å². The summed E-state index contributed by atoms with van der Waals surface area (Å²) in [6, 6.07) is 2.82. The Morgan fingerprint density at radius 1 is 1.39 bits per heavy atom. The van der Waals surface area contributed by atoms with E-state index in [1.165, 1.54) is 5.56 Å². The maximum absolute atomic E-state index is 11.7. The van der Waals surface area contributed by atoms with Crippen molar-refractivity contribution in [3.63, 3.8) is 0 Å². The van der Waals surface area contributed by atoms with Crippen molar-refractivity contribution in [2.75, 3.05) is 6.54 Å². The molecule has 0 spiro atoms. The molecule has 1 heterocycles. The highest BCUT2D eigenvalue weighted by molar-refractivity contribution is 7.07. The first-order chi connectivity index (χ1) is 8.58. The summed E-state index contributed by atoms with van der Waals surface area (Å²) in [6.45, 7) is 7.19. The van der Waals surface area contributed by atoms with Crippen molar-refractivity contribution in [1.29, 1.82) is 0 Å². The zero-order valence-corrected chi connectivity index (χ0v) is 12.3. The van der Waals surface area contributed by atoms with Crippen LogP contribution in [0.15, 0.2) is 16.8 Å². The molecular weight excluding hydrogens is 244 g/mol. The maximum Gasteiger partial charge on any atom is 0.220 e. The first kappa shape index (κ1) is 15.2. The van der Waals surface area contributed by atoms with E-state index in [1.807, 2.05) is 0 Å². The Labute approximate surface area is 114 Å². The van der Waals surface area contributed by atoms with Crippen molar-refractivity contribution in [2.45, 2.75) is 52.1 Å². The molecule has 4 heteroatoms. The van der Waals surface area contributed by atoms with Gasteiger partial charge in [-0.1, -0.05) is 13.8 Å². The molecule has 1 atom stereocenters. The molecule has 0 radical (unpaired) electrons. The van der Waals surface area contributed by atoms with E-state index >= 15 is 0 Å². The minimum absolute atomic E-state index is 0.156. The van der Waals surface area contributed by atoms with Gasteiger partial charge in [0, 0.05) is 18.5 Å². The van der Waals surface area contributed by atoms with Crippen molar-refractivity contribution in [3.8, 4) is 0 Å². The molecule has 0 aliphatic heterocycles. The second kappa shape index (κ2) is 8.27. The first-order valence-electron chi connectivity index (χ1n) is 6.61. The molecule has 1 aromatic heterocycles. The average molecular weight is 268 g/mol. The maximum atomic E-state index is 11.7. The minimum atomic E-state index is 0.156. The summed E-state index contributed by atoms with van der Waals surface area (Å²) >= 11 is 1.70. The van der Waals surface area contributed by atoms with Gasteiger partial charge in [-0.2, -0.15) is 11.3 Å². The molecule has 0 aromatic carbocycles. The van der Waals surface area contributed by atoms with Gasteiger partial charge in [-0.25, -0.2) is 0 Å². The zero-order valence-electron chi connectivity index (χ0n) is 11.5. The van der Waals surface area contributed by atoms with Crippen LogP contribution in [-0.4, -0.2) is 24.5 Å². The highest BCUT2D eigenvalue weighted by atomic mass is 32.1. The van der Waals surface area contributed by atoms with Crippen molar-refractivity contribution < 1.29 is 4.79 Å². The van der Waals surface area contributed by atoms with Gasteiger partial charge in [0.05, 0.1) is 0 Å². The van der Waals surface area contributed by atoms with Gasteiger partial charge in [-0.05, 0) is 48.7 Å². The molecular formula is C14H24N2OS. The van der Waals surface area contributed by atoms with Gasteiger partial charge in [-0.15, -0.1) is 0 Å². The lowest BCUT2D eigenvalue weighted by Crippen LogP contribution is -2.34. The SMILES string of the molecule is CC(C)NCCCC(=O)NC(C)Cc1ccsc1. The van der Waals surface area contributed by atoms with E-state index in [0.717, 1.165) is 19.4 Å². The number of carbonyl (C=O) groups excluding carboxylic acids is 1. The van der Waals surface area contributed by atoms with E-state index in [-0.39, 0.29) is 11.9 Å². The van der Waals surface area contributed by atoms with Gasteiger partial charge in [0.25, 0.3) is 0 Å². The number of carbonyl (C=O) groups is 1. The van der Waals surface area contributed by atoms with Crippen molar-refractivity contribution in [1.82, 2.24) is 10.6 Å². The number of rotatable bonds is 8.